The van der Waals surface area contributed by atoms with E-state index in [2.05, 4.69) is 68.1 Å². The lowest BCUT2D eigenvalue weighted by Crippen LogP contribution is -2.29. The van der Waals surface area contributed by atoms with Crippen LogP contribution in [0.5, 0.6) is 0 Å². The standard InChI is InChI=1S/C21H28N2/c1-5-19-9-8-18(13-23-19)21-15(3)7-6-14(2)20(21)17-10-11-22-16(4)12-17/h8-15,20-21H,5-7H2,1-4H3. The molecule has 0 spiro atoms. The fraction of sp³-hybridized carbons (Fsp3) is 0.524. The van der Waals surface area contributed by atoms with Crippen LogP contribution in [0, 0.1) is 18.8 Å². The summed E-state index contributed by atoms with van der Waals surface area (Å²) in [5, 5.41) is 0. The Hall–Kier alpha value is -1.70. The molecule has 2 heterocycles. The number of aromatic nitrogens is 2. The minimum Gasteiger partial charge on any atom is -0.262 e. The van der Waals surface area contributed by atoms with Crippen molar-refractivity contribution in [1.29, 1.82) is 0 Å². The SMILES string of the molecule is CCc1ccc(C2C(C)CCC(C)C2c2ccnc(C)c2)cn1. The molecule has 1 fully saturated rings. The van der Waals surface area contributed by atoms with Crippen LogP contribution in [0.25, 0.3) is 0 Å². The van der Waals surface area contributed by atoms with Gasteiger partial charge in [-0.15, -0.1) is 0 Å². The zero-order valence-corrected chi connectivity index (χ0v) is 14.8. The molecule has 0 radical (unpaired) electrons. The quantitative estimate of drug-likeness (QED) is 0.771. The van der Waals surface area contributed by atoms with Gasteiger partial charge in [-0.3, -0.25) is 9.97 Å². The van der Waals surface area contributed by atoms with Gasteiger partial charge in [-0.2, -0.15) is 0 Å². The van der Waals surface area contributed by atoms with Gasteiger partial charge >= 0.3 is 0 Å². The molecule has 1 aliphatic carbocycles. The van der Waals surface area contributed by atoms with Crippen LogP contribution in [0.1, 0.15) is 68.0 Å². The first kappa shape index (κ1) is 16.2. The fourth-order valence-corrected chi connectivity index (χ4v) is 4.28. The summed E-state index contributed by atoms with van der Waals surface area (Å²) in [6.45, 7) is 9.07. The Labute approximate surface area is 140 Å². The summed E-state index contributed by atoms with van der Waals surface area (Å²) in [5.74, 6) is 2.51. The molecule has 2 aromatic rings. The Morgan fingerprint density at radius 2 is 1.65 bits per heavy atom. The van der Waals surface area contributed by atoms with Gasteiger partial charge in [0, 0.05) is 23.8 Å². The van der Waals surface area contributed by atoms with Crippen LogP contribution in [0.3, 0.4) is 0 Å². The Balaban J connectivity index is 2.01. The lowest BCUT2D eigenvalue weighted by Gasteiger charge is -2.41. The second-order valence-electron chi connectivity index (χ2n) is 7.25. The number of hydrogen-bond donors (Lipinski definition) is 0. The van der Waals surface area contributed by atoms with Gasteiger partial charge in [-0.25, -0.2) is 0 Å². The molecule has 1 aliphatic rings. The van der Waals surface area contributed by atoms with Crippen LogP contribution in [-0.4, -0.2) is 9.97 Å². The zero-order chi connectivity index (χ0) is 16.4. The molecule has 4 atom stereocenters. The maximum atomic E-state index is 4.67. The van der Waals surface area contributed by atoms with E-state index in [4.69, 9.17) is 0 Å². The van der Waals surface area contributed by atoms with Crippen molar-refractivity contribution in [2.45, 2.75) is 58.8 Å². The minimum atomic E-state index is 0.555. The van der Waals surface area contributed by atoms with Crippen molar-refractivity contribution in [3.05, 3.63) is 59.2 Å². The third-order valence-electron chi connectivity index (χ3n) is 5.59. The van der Waals surface area contributed by atoms with E-state index < -0.39 is 0 Å². The van der Waals surface area contributed by atoms with E-state index in [1.54, 1.807) is 0 Å². The van der Waals surface area contributed by atoms with Gasteiger partial charge in [-0.05, 0) is 79.2 Å². The molecule has 3 rings (SSSR count). The number of nitrogens with zero attached hydrogens (tertiary/aromatic N) is 2. The molecule has 0 amide bonds. The van der Waals surface area contributed by atoms with E-state index in [1.165, 1.54) is 29.7 Å². The van der Waals surface area contributed by atoms with Crippen molar-refractivity contribution >= 4 is 0 Å². The van der Waals surface area contributed by atoms with Crippen LogP contribution >= 0.6 is 0 Å². The van der Waals surface area contributed by atoms with Crippen LogP contribution in [0.15, 0.2) is 36.7 Å². The predicted octanol–water partition coefficient (Wildman–Crippen LogP) is 5.28. The third kappa shape index (κ3) is 3.31. The molecular weight excluding hydrogens is 280 g/mol. The lowest BCUT2D eigenvalue weighted by molar-refractivity contribution is 0.222. The molecule has 0 bridgehead atoms. The third-order valence-corrected chi connectivity index (χ3v) is 5.59. The number of aryl methyl sites for hydroxylation is 2. The Morgan fingerprint density at radius 1 is 0.957 bits per heavy atom. The molecule has 122 valence electrons. The topological polar surface area (TPSA) is 25.8 Å². The molecule has 2 heteroatoms. The molecular formula is C21H28N2. The zero-order valence-electron chi connectivity index (χ0n) is 14.8. The second-order valence-corrected chi connectivity index (χ2v) is 7.25. The van der Waals surface area contributed by atoms with Gasteiger partial charge in [0.05, 0.1) is 0 Å². The largest absolute Gasteiger partial charge is 0.262 e. The van der Waals surface area contributed by atoms with E-state index in [-0.39, 0.29) is 0 Å². The molecule has 0 aromatic carbocycles. The highest BCUT2D eigenvalue weighted by Gasteiger charge is 2.37. The maximum absolute atomic E-state index is 4.67. The Morgan fingerprint density at radius 3 is 2.22 bits per heavy atom. The molecule has 0 aliphatic heterocycles. The van der Waals surface area contributed by atoms with E-state index in [9.17, 15) is 0 Å². The highest BCUT2D eigenvalue weighted by atomic mass is 14.7. The molecule has 0 saturated heterocycles. The summed E-state index contributed by atoms with van der Waals surface area (Å²) in [6.07, 6.45) is 7.71. The maximum Gasteiger partial charge on any atom is 0.0401 e. The van der Waals surface area contributed by atoms with Crippen molar-refractivity contribution in [2.75, 3.05) is 0 Å². The van der Waals surface area contributed by atoms with Crippen molar-refractivity contribution in [3.63, 3.8) is 0 Å². The molecule has 0 N–H and O–H groups in total. The minimum absolute atomic E-state index is 0.555. The van der Waals surface area contributed by atoms with Gasteiger partial charge < -0.3 is 0 Å². The summed E-state index contributed by atoms with van der Waals surface area (Å²) in [6, 6.07) is 9.01. The second kappa shape index (κ2) is 6.82. The van der Waals surface area contributed by atoms with E-state index in [1.807, 2.05) is 6.20 Å². The summed E-state index contributed by atoms with van der Waals surface area (Å²) < 4.78 is 0. The highest BCUT2D eigenvalue weighted by molar-refractivity contribution is 5.30. The summed E-state index contributed by atoms with van der Waals surface area (Å²) in [7, 11) is 0. The number of rotatable bonds is 3. The average Bonchev–Trinajstić information content (AvgIpc) is 2.57. The van der Waals surface area contributed by atoms with Crippen molar-refractivity contribution in [3.8, 4) is 0 Å². The summed E-state index contributed by atoms with van der Waals surface area (Å²) in [5.41, 5.74) is 5.15. The van der Waals surface area contributed by atoms with Gasteiger partial charge in [0.25, 0.3) is 0 Å². The molecule has 1 saturated carbocycles. The highest BCUT2D eigenvalue weighted by Crippen LogP contribution is 2.49. The van der Waals surface area contributed by atoms with Crippen molar-refractivity contribution in [2.24, 2.45) is 11.8 Å². The normalized spacial score (nSPS) is 27.8. The molecule has 2 nitrogen and oxygen atoms in total. The number of hydrogen-bond acceptors (Lipinski definition) is 2. The summed E-state index contributed by atoms with van der Waals surface area (Å²) >= 11 is 0. The molecule has 2 aromatic heterocycles. The van der Waals surface area contributed by atoms with Gasteiger partial charge in [0.1, 0.15) is 0 Å². The van der Waals surface area contributed by atoms with Crippen LogP contribution < -0.4 is 0 Å². The van der Waals surface area contributed by atoms with E-state index >= 15 is 0 Å². The first-order valence-electron chi connectivity index (χ1n) is 8.97. The molecule has 23 heavy (non-hydrogen) atoms. The van der Waals surface area contributed by atoms with Crippen LogP contribution in [0.4, 0.5) is 0 Å². The fourth-order valence-electron chi connectivity index (χ4n) is 4.28. The number of pyridine rings is 2. The first-order chi connectivity index (χ1) is 11.1. The average molecular weight is 308 g/mol. The molecule has 4 unspecified atom stereocenters. The van der Waals surface area contributed by atoms with Gasteiger partial charge in [-0.1, -0.05) is 26.8 Å². The van der Waals surface area contributed by atoms with E-state index in [0.717, 1.165) is 12.1 Å². The van der Waals surface area contributed by atoms with Gasteiger partial charge in [0.15, 0.2) is 0 Å². The van der Waals surface area contributed by atoms with E-state index in [0.29, 0.717) is 23.7 Å². The predicted molar refractivity (Wildman–Crippen MR) is 95.6 cm³/mol. The summed E-state index contributed by atoms with van der Waals surface area (Å²) in [4.78, 5) is 9.05. The van der Waals surface area contributed by atoms with Crippen molar-refractivity contribution < 1.29 is 0 Å². The Bertz CT molecular complexity index is 647. The lowest BCUT2D eigenvalue weighted by atomic mass is 9.63. The monoisotopic (exact) mass is 308 g/mol. The van der Waals surface area contributed by atoms with Crippen LogP contribution in [0.2, 0.25) is 0 Å². The Kier molecular flexibility index (Phi) is 4.79. The van der Waals surface area contributed by atoms with Gasteiger partial charge in [0.2, 0.25) is 0 Å². The van der Waals surface area contributed by atoms with Crippen molar-refractivity contribution in [1.82, 2.24) is 9.97 Å². The van der Waals surface area contributed by atoms with Crippen LogP contribution in [-0.2, 0) is 6.42 Å². The first-order valence-corrected chi connectivity index (χ1v) is 8.97. The smallest absolute Gasteiger partial charge is 0.0401 e.